The highest BCUT2D eigenvalue weighted by atomic mass is 127. The van der Waals surface area contributed by atoms with Crippen LogP contribution in [0.2, 0.25) is 0 Å². The third kappa shape index (κ3) is 6.74. The van der Waals surface area contributed by atoms with Crippen LogP contribution in [-0.2, 0) is 0 Å². The number of rotatable bonds is 7. The first-order valence-corrected chi connectivity index (χ1v) is 9.42. The second-order valence-corrected chi connectivity index (χ2v) is 6.75. The molecule has 3 N–H and O–H groups in total. The van der Waals surface area contributed by atoms with Crippen molar-refractivity contribution in [2.45, 2.75) is 25.9 Å². The molecule has 0 spiro atoms. The zero-order valence-electron chi connectivity index (χ0n) is 15.0. The second-order valence-electron chi connectivity index (χ2n) is 5.65. The molecule has 2 rings (SSSR count). The summed E-state index contributed by atoms with van der Waals surface area (Å²) in [6.45, 7) is 5.65. The number of guanidine groups is 1. The van der Waals surface area contributed by atoms with Crippen LogP contribution in [-0.4, -0.2) is 55.0 Å². The van der Waals surface area contributed by atoms with Gasteiger partial charge in [-0.2, -0.15) is 11.8 Å². The van der Waals surface area contributed by atoms with E-state index in [0.29, 0.717) is 30.6 Å². The molecule has 1 fully saturated rings. The van der Waals surface area contributed by atoms with E-state index in [1.165, 1.54) is 0 Å². The van der Waals surface area contributed by atoms with Gasteiger partial charge in [0.05, 0.1) is 25.9 Å². The molecule has 0 aromatic heterocycles. The summed E-state index contributed by atoms with van der Waals surface area (Å²) in [4.78, 5) is 4.54. The number of halogens is 1. The van der Waals surface area contributed by atoms with E-state index in [1.807, 2.05) is 32.0 Å². The molecule has 1 aromatic rings. The lowest BCUT2D eigenvalue weighted by Crippen LogP contribution is -2.36. The lowest BCUT2D eigenvalue weighted by Gasteiger charge is -2.20. The maximum atomic E-state index is 10.4. The Labute approximate surface area is 171 Å². The van der Waals surface area contributed by atoms with Gasteiger partial charge in [-0.15, -0.1) is 24.0 Å². The maximum Gasteiger partial charge on any atom is 0.195 e. The molecule has 0 saturated carbocycles. The Morgan fingerprint density at radius 3 is 2.76 bits per heavy atom. The number of ether oxygens (including phenoxy) is 2. The number of anilines is 1. The fourth-order valence-electron chi connectivity index (χ4n) is 2.41. The molecule has 0 aliphatic carbocycles. The largest absolute Gasteiger partial charge is 0.493 e. The quantitative estimate of drug-likeness (QED) is 0.316. The number of nitrogens with zero attached hydrogens (tertiary/aromatic N) is 1. The number of hydrogen-bond donors (Lipinski definition) is 3. The summed E-state index contributed by atoms with van der Waals surface area (Å²) in [5, 5.41) is 16.9. The first kappa shape index (κ1) is 22.2. The molecule has 142 valence electrons. The number of aliphatic imine (C=N–C) groups is 1. The number of thioether (sulfide) groups is 1. The van der Waals surface area contributed by atoms with Gasteiger partial charge in [-0.3, -0.25) is 0 Å². The van der Waals surface area contributed by atoms with Crippen LogP contribution in [0.4, 0.5) is 5.69 Å². The smallest absolute Gasteiger partial charge is 0.195 e. The summed E-state index contributed by atoms with van der Waals surface area (Å²) < 4.78 is 10.9. The van der Waals surface area contributed by atoms with Gasteiger partial charge in [0.1, 0.15) is 0 Å². The van der Waals surface area contributed by atoms with Gasteiger partial charge in [0.2, 0.25) is 0 Å². The highest BCUT2D eigenvalue weighted by Gasteiger charge is 2.31. The van der Waals surface area contributed by atoms with E-state index in [1.54, 1.807) is 18.9 Å². The summed E-state index contributed by atoms with van der Waals surface area (Å²) in [7, 11) is 1.62. The molecule has 1 saturated heterocycles. The molecule has 8 heteroatoms. The third-order valence-electron chi connectivity index (χ3n) is 3.68. The van der Waals surface area contributed by atoms with Gasteiger partial charge in [-0.05, 0) is 38.2 Å². The molecule has 1 aliphatic heterocycles. The van der Waals surface area contributed by atoms with Crippen molar-refractivity contribution in [1.82, 2.24) is 5.32 Å². The average molecular weight is 481 g/mol. The van der Waals surface area contributed by atoms with E-state index < -0.39 is 5.60 Å². The molecule has 1 heterocycles. The maximum absolute atomic E-state index is 10.4. The Balaban J connectivity index is 0.00000312. The Morgan fingerprint density at radius 1 is 1.36 bits per heavy atom. The van der Waals surface area contributed by atoms with Crippen molar-refractivity contribution < 1.29 is 14.6 Å². The number of methoxy groups -OCH3 is 1. The molecule has 25 heavy (non-hydrogen) atoms. The van der Waals surface area contributed by atoms with Gasteiger partial charge in [0, 0.05) is 24.1 Å². The van der Waals surface area contributed by atoms with Crippen molar-refractivity contribution in [3.63, 3.8) is 0 Å². The fourth-order valence-corrected chi connectivity index (χ4v) is 3.70. The minimum absolute atomic E-state index is 0. The third-order valence-corrected chi connectivity index (χ3v) is 4.92. The first-order chi connectivity index (χ1) is 11.6. The molecular weight excluding hydrogens is 453 g/mol. The number of aliphatic hydroxyl groups is 1. The molecular formula is C17H28IN3O3S. The van der Waals surface area contributed by atoms with Crippen molar-refractivity contribution in [1.29, 1.82) is 0 Å². The first-order valence-electron chi connectivity index (χ1n) is 8.26. The molecule has 1 atom stereocenters. The van der Waals surface area contributed by atoms with Crippen LogP contribution in [0.5, 0.6) is 11.5 Å². The van der Waals surface area contributed by atoms with Crippen LogP contribution in [0, 0.1) is 0 Å². The van der Waals surface area contributed by atoms with Crippen molar-refractivity contribution in [2.24, 2.45) is 4.99 Å². The van der Waals surface area contributed by atoms with Gasteiger partial charge < -0.3 is 25.2 Å². The summed E-state index contributed by atoms with van der Waals surface area (Å²) >= 11 is 1.77. The van der Waals surface area contributed by atoms with Crippen LogP contribution < -0.4 is 20.1 Å². The van der Waals surface area contributed by atoms with Crippen LogP contribution >= 0.6 is 35.7 Å². The van der Waals surface area contributed by atoms with Gasteiger partial charge in [-0.25, -0.2) is 4.99 Å². The Bertz CT molecular complexity index is 566. The molecule has 0 radical (unpaired) electrons. The Hall–Kier alpha value is -0.870. The van der Waals surface area contributed by atoms with E-state index >= 15 is 0 Å². The zero-order valence-corrected chi connectivity index (χ0v) is 18.1. The highest BCUT2D eigenvalue weighted by molar-refractivity contribution is 14.0. The Morgan fingerprint density at radius 2 is 2.16 bits per heavy atom. The topological polar surface area (TPSA) is 75.1 Å². The summed E-state index contributed by atoms with van der Waals surface area (Å²) in [5.74, 6) is 3.77. The van der Waals surface area contributed by atoms with E-state index in [-0.39, 0.29) is 24.0 Å². The summed E-state index contributed by atoms with van der Waals surface area (Å²) in [6, 6.07) is 5.65. The molecule has 1 aromatic carbocycles. The van der Waals surface area contributed by atoms with Crippen molar-refractivity contribution in [3.05, 3.63) is 18.2 Å². The molecule has 6 nitrogen and oxygen atoms in total. The Kier molecular flexibility index (Phi) is 9.73. The monoisotopic (exact) mass is 481 g/mol. The average Bonchev–Trinajstić information content (AvgIpc) is 3.01. The van der Waals surface area contributed by atoms with Crippen LogP contribution in [0.1, 0.15) is 20.3 Å². The van der Waals surface area contributed by atoms with Gasteiger partial charge in [-0.1, -0.05) is 0 Å². The van der Waals surface area contributed by atoms with Gasteiger partial charge in [0.15, 0.2) is 17.5 Å². The van der Waals surface area contributed by atoms with Crippen LogP contribution in [0.15, 0.2) is 23.2 Å². The van der Waals surface area contributed by atoms with E-state index in [2.05, 4.69) is 15.6 Å². The molecule has 1 unspecified atom stereocenters. The lowest BCUT2D eigenvalue weighted by atomic mass is 10.1. The van der Waals surface area contributed by atoms with Crippen molar-refractivity contribution in [2.75, 3.05) is 43.6 Å². The molecule has 0 bridgehead atoms. The van der Waals surface area contributed by atoms with E-state index in [0.717, 1.165) is 30.2 Å². The predicted molar refractivity (Wildman–Crippen MR) is 116 cm³/mol. The van der Waals surface area contributed by atoms with E-state index in [9.17, 15) is 5.11 Å². The van der Waals surface area contributed by atoms with E-state index in [4.69, 9.17) is 9.47 Å². The van der Waals surface area contributed by atoms with Crippen LogP contribution in [0.3, 0.4) is 0 Å². The highest BCUT2D eigenvalue weighted by Crippen LogP contribution is 2.30. The normalized spacial score (nSPS) is 19.9. The predicted octanol–water partition coefficient (Wildman–Crippen LogP) is 2.96. The minimum atomic E-state index is -0.691. The standard InChI is InChI=1S/C17H27N3O3S.HI/c1-4-18-16(19-11-17(21)8-9-24-12-17)20-13-6-7-14(22-3)15(10-13)23-5-2;/h6-7,10,21H,4-5,8-9,11-12H2,1-3H3,(H2,18,19,20);1H. The fraction of sp³-hybridized carbons (Fsp3) is 0.588. The van der Waals surface area contributed by atoms with Crippen LogP contribution in [0.25, 0.3) is 0 Å². The molecule has 1 aliphatic rings. The van der Waals surface area contributed by atoms with Crippen molar-refractivity contribution in [3.8, 4) is 11.5 Å². The minimum Gasteiger partial charge on any atom is -0.493 e. The SMILES string of the molecule is CCNC(=NCC1(O)CCSC1)Nc1ccc(OC)c(OCC)c1.I. The molecule has 0 amide bonds. The van der Waals surface area contributed by atoms with Gasteiger partial charge in [0.25, 0.3) is 0 Å². The van der Waals surface area contributed by atoms with Gasteiger partial charge >= 0.3 is 0 Å². The number of benzene rings is 1. The summed E-state index contributed by atoms with van der Waals surface area (Å²) in [6.07, 6.45) is 0.789. The lowest BCUT2D eigenvalue weighted by molar-refractivity contribution is 0.0779. The zero-order chi connectivity index (χ0) is 17.4. The summed E-state index contributed by atoms with van der Waals surface area (Å²) in [5.41, 5.74) is 0.162. The number of hydrogen-bond acceptors (Lipinski definition) is 5. The van der Waals surface area contributed by atoms with Crippen molar-refractivity contribution >= 4 is 47.4 Å². The number of nitrogens with one attached hydrogen (secondary N) is 2. The second kappa shape index (κ2) is 11.0.